The fraction of sp³-hybridized carbons (Fsp3) is 0.257. The fourth-order valence-corrected chi connectivity index (χ4v) is 5.19. The number of hydrogen-bond acceptors (Lipinski definition) is 7. The number of ether oxygens (including phenoxy) is 3. The maximum atomic E-state index is 14.3. The number of halogens is 3. The number of benzene rings is 4. The normalized spacial score (nSPS) is 17.6. The molecule has 0 aliphatic carbocycles. The van der Waals surface area contributed by atoms with E-state index < -0.39 is 29.3 Å². The number of carbonyl (C=O) groups is 1. The van der Waals surface area contributed by atoms with E-state index in [0.29, 0.717) is 41.2 Å². The molecule has 0 spiro atoms. The second kappa shape index (κ2) is 14.5. The minimum atomic E-state index is -4.49. The van der Waals surface area contributed by atoms with Crippen LogP contribution in [-0.4, -0.2) is 42.8 Å². The van der Waals surface area contributed by atoms with Crippen molar-refractivity contribution in [3.8, 4) is 11.5 Å². The number of methoxy groups -OCH3 is 1. The fourth-order valence-electron chi connectivity index (χ4n) is 5.19. The van der Waals surface area contributed by atoms with Crippen molar-refractivity contribution in [2.75, 3.05) is 20.3 Å². The number of hydrogen-bond donors (Lipinski definition) is 3. The number of aliphatic hydroxyl groups excluding tert-OH is 1. The molecule has 240 valence electrons. The van der Waals surface area contributed by atoms with E-state index >= 15 is 0 Å². The number of aliphatic imine (C=N–C) groups is 1. The van der Waals surface area contributed by atoms with E-state index in [2.05, 4.69) is 10.9 Å². The van der Waals surface area contributed by atoms with Gasteiger partial charge in [0.05, 0.1) is 19.3 Å². The average Bonchev–Trinajstić information content (AvgIpc) is 3.46. The standard InChI is InChI=1S/C35H34F3N3O5/c1-44-30-13-6-11-27(21-30)31-34(22-24-8-3-2-4-9-24,33(43)41-39-23-25-10-5-12-28(20-25)35(36,37)38)40-32(46-31)26-14-16-29(17-15-26)45-19-7-18-42/h2-6,8-17,20-21,31,39,42H,7,18-19,22-23H2,1H3,(H,41,43)/t31-,34-/m0/s1. The zero-order chi connectivity index (χ0) is 32.6. The summed E-state index contributed by atoms with van der Waals surface area (Å²) in [6, 6.07) is 28.5. The molecule has 0 saturated heterocycles. The molecule has 3 N–H and O–H groups in total. The molecule has 4 aromatic rings. The van der Waals surface area contributed by atoms with Gasteiger partial charge in [-0.2, -0.15) is 13.2 Å². The number of amides is 1. The second-order valence-corrected chi connectivity index (χ2v) is 10.7. The highest BCUT2D eigenvalue weighted by Gasteiger charge is 2.53. The van der Waals surface area contributed by atoms with Crippen LogP contribution in [0.1, 0.15) is 40.3 Å². The average molecular weight is 634 g/mol. The van der Waals surface area contributed by atoms with Crippen molar-refractivity contribution in [2.45, 2.75) is 37.2 Å². The highest BCUT2D eigenvalue weighted by atomic mass is 19.4. The molecule has 1 amide bonds. The van der Waals surface area contributed by atoms with Crippen molar-refractivity contribution in [2.24, 2.45) is 4.99 Å². The van der Waals surface area contributed by atoms with Crippen LogP contribution < -0.4 is 20.3 Å². The number of carbonyl (C=O) groups excluding carboxylic acids is 1. The summed E-state index contributed by atoms with van der Waals surface area (Å²) in [6.07, 6.45) is -4.73. The first-order valence-corrected chi connectivity index (χ1v) is 14.7. The molecular weight excluding hydrogens is 599 g/mol. The van der Waals surface area contributed by atoms with Crippen LogP contribution >= 0.6 is 0 Å². The third-order valence-electron chi connectivity index (χ3n) is 7.49. The van der Waals surface area contributed by atoms with Crippen molar-refractivity contribution < 1.29 is 37.3 Å². The van der Waals surface area contributed by atoms with Crippen LogP contribution in [0.5, 0.6) is 11.5 Å². The van der Waals surface area contributed by atoms with E-state index in [4.69, 9.17) is 24.3 Å². The molecule has 0 aromatic heterocycles. The third kappa shape index (κ3) is 7.67. The molecule has 1 aliphatic heterocycles. The largest absolute Gasteiger partial charge is 0.497 e. The molecule has 1 heterocycles. The molecule has 0 fully saturated rings. The lowest BCUT2D eigenvalue weighted by molar-refractivity contribution is -0.137. The molecule has 4 aromatic carbocycles. The van der Waals surface area contributed by atoms with Gasteiger partial charge in [0.1, 0.15) is 11.5 Å². The van der Waals surface area contributed by atoms with E-state index in [1.165, 1.54) is 6.07 Å². The maximum Gasteiger partial charge on any atom is 0.416 e. The van der Waals surface area contributed by atoms with E-state index in [1.807, 2.05) is 36.4 Å². The third-order valence-corrected chi connectivity index (χ3v) is 7.49. The summed E-state index contributed by atoms with van der Waals surface area (Å²) in [5, 5.41) is 9.04. The Morgan fingerprint density at radius 3 is 2.39 bits per heavy atom. The first-order valence-electron chi connectivity index (χ1n) is 14.7. The number of aliphatic hydroxyl groups is 1. The van der Waals surface area contributed by atoms with Crippen LogP contribution in [0.4, 0.5) is 13.2 Å². The Hall–Kier alpha value is -4.87. The van der Waals surface area contributed by atoms with Crippen molar-refractivity contribution >= 4 is 11.8 Å². The van der Waals surface area contributed by atoms with Gasteiger partial charge in [-0.3, -0.25) is 10.2 Å². The summed E-state index contributed by atoms with van der Waals surface area (Å²) >= 11 is 0. The second-order valence-electron chi connectivity index (χ2n) is 10.7. The minimum Gasteiger partial charge on any atom is -0.497 e. The Morgan fingerprint density at radius 1 is 0.935 bits per heavy atom. The van der Waals surface area contributed by atoms with E-state index in [0.717, 1.165) is 17.7 Å². The van der Waals surface area contributed by atoms with Crippen LogP contribution in [0, 0.1) is 0 Å². The lowest BCUT2D eigenvalue weighted by atomic mass is 9.82. The smallest absolute Gasteiger partial charge is 0.416 e. The van der Waals surface area contributed by atoms with Crippen molar-refractivity contribution in [1.82, 2.24) is 10.9 Å². The molecule has 5 rings (SSSR count). The zero-order valence-corrected chi connectivity index (χ0v) is 25.1. The predicted octanol–water partition coefficient (Wildman–Crippen LogP) is 5.80. The first-order chi connectivity index (χ1) is 22.2. The van der Waals surface area contributed by atoms with Crippen LogP contribution in [-0.2, 0) is 28.7 Å². The molecule has 8 nitrogen and oxygen atoms in total. The monoisotopic (exact) mass is 633 g/mol. The molecule has 11 heteroatoms. The van der Waals surface area contributed by atoms with E-state index in [-0.39, 0.29) is 25.5 Å². The van der Waals surface area contributed by atoms with Crippen molar-refractivity contribution in [3.05, 3.63) is 131 Å². The summed E-state index contributed by atoms with van der Waals surface area (Å²) in [4.78, 5) is 19.2. The molecule has 46 heavy (non-hydrogen) atoms. The summed E-state index contributed by atoms with van der Waals surface area (Å²) in [7, 11) is 1.54. The number of rotatable bonds is 13. The highest BCUT2D eigenvalue weighted by Crippen LogP contribution is 2.43. The van der Waals surface area contributed by atoms with Crippen molar-refractivity contribution in [1.29, 1.82) is 0 Å². The van der Waals surface area contributed by atoms with Gasteiger partial charge in [-0.05, 0) is 59.2 Å². The highest BCUT2D eigenvalue weighted by molar-refractivity contribution is 6.01. The van der Waals surface area contributed by atoms with Gasteiger partial charge in [0, 0.05) is 31.6 Å². The topological polar surface area (TPSA) is 101 Å². The summed E-state index contributed by atoms with van der Waals surface area (Å²) in [5.41, 5.74) is 5.61. The van der Waals surface area contributed by atoms with Gasteiger partial charge in [0.2, 0.25) is 5.90 Å². The molecule has 2 atom stereocenters. The Labute approximate surface area is 264 Å². The quantitative estimate of drug-likeness (QED) is 0.127. The Balaban J connectivity index is 1.50. The minimum absolute atomic E-state index is 0.0226. The Bertz CT molecular complexity index is 1650. The number of nitrogens with zero attached hydrogens (tertiary/aromatic N) is 1. The Kier molecular flexibility index (Phi) is 10.2. The van der Waals surface area contributed by atoms with Gasteiger partial charge in [0.15, 0.2) is 11.6 Å². The summed E-state index contributed by atoms with van der Waals surface area (Å²) in [5.74, 6) is 0.872. The number of hydrazine groups is 1. The summed E-state index contributed by atoms with van der Waals surface area (Å²) < 4.78 is 57.4. The zero-order valence-electron chi connectivity index (χ0n) is 25.1. The van der Waals surface area contributed by atoms with E-state index in [1.54, 1.807) is 55.6 Å². The van der Waals surface area contributed by atoms with Gasteiger partial charge < -0.3 is 19.3 Å². The van der Waals surface area contributed by atoms with Gasteiger partial charge >= 0.3 is 6.18 Å². The Morgan fingerprint density at radius 2 is 1.67 bits per heavy atom. The van der Waals surface area contributed by atoms with Crippen LogP contribution in [0.15, 0.2) is 108 Å². The lowest BCUT2D eigenvalue weighted by Crippen LogP contribution is -2.53. The SMILES string of the molecule is COc1cccc([C@@H]2OC(c3ccc(OCCCO)cc3)=N[C@]2(Cc2ccccc2)C(=O)NNCc2cccc(C(F)(F)F)c2)c1. The molecule has 1 aliphatic rings. The molecule has 0 bridgehead atoms. The summed E-state index contributed by atoms with van der Waals surface area (Å²) in [6.45, 7) is 0.323. The first kappa shape index (κ1) is 32.5. The predicted molar refractivity (Wildman–Crippen MR) is 166 cm³/mol. The number of nitrogens with one attached hydrogen (secondary N) is 2. The van der Waals surface area contributed by atoms with Crippen LogP contribution in [0.2, 0.25) is 0 Å². The molecule has 0 radical (unpaired) electrons. The van der Waals surface area contributed by atoms with Gasteiger partial charge in [-0.15, -0.1) is 0 Å². The lowest BCUT2D eigenvalue weighted by Gasteiger charge is -2.31. The molecular formula is C35H34F3N3O5. The van der Waals surface area contributed by atoms with E-state index in [9.17, 15) is 18.0 Å². The van der Waals surface area contributed by atoms with Gasteiger partial charge in [0.25, 0.3) is 5.91 Å². The van der Waals surface area contributed by atoms with Crippen LogP contribution in [0.3, 0.4) is 0 Å². The van der Waals surface area contributed by atoms with Gasteiger partial charge in [-0.25, -0.2) is 10.4 Å². The molecule has 0 unspecified atom stereocenters. The molecule has 0 saturated carbocycles. The maximum absolute atomic E-state index is 14.3. The number of alkyl halides is 3. The van der Waals surface area contributed by atoms with Crippen LogP contribution in [0.25, 0.3) is 0 Å². The van der Waals surface area contributed by atoms with Crippen molar-refractivity contribution in [3.63, 3.8) is 0 Å². The van der Waals surface area contributed by atoms with Gasteiger partial charge in [-0.1, -0.05) is 60.7 Å².